The van der Waals surface area contributed by atoms with Gasteiger partial charge < -0.3 is 9.67 Å². The molecule has 0 bridgehead atoms. The Hall–Kier alpha value is -2.45. The lowest BCUT2D eigenvalue weighted by Crippen LogP contribution is -2.38. The van der Waals surface area contributed by atoms with Crippen LogP contribution in [0.25, 0.3) is 10.9 Å². The fourth-order valence-electron chi connectivity index (χ4n) is 3.46. The van der Waals surface area contributed by atoms with E-state index in [9.17, 15) is 17.9 Å². The fourth-order valence-corrected chi connectivity index (χ4v) is 5.06. The zero-order chi connectivity index (χ0) is 18.6. The van der Waals surface area contributed by atoms with E-state index in [1.807, 2.05) is 13.0 Å². The maximum atomic E-state index is 13.3. The normalized spacial score (nSPS) is 15.3. The maximum absolute atomic E-state index is 13.3. The van der Waals surface area contributed by atoms with Crippen molar-refractivity contribution in [2.75, 3.05) is 6.54 Å². The van der Waals surface area contributed by atoms with Gasteiger partial charge in [-0.15, -0.1) is 0 Å². The first kappa shape index (κ1) is 17.0. The summed E-state index contributed by atoms with van der Waals surface area (Å²) in [6, 6.07) is 7.27. The standard InChI is InChI=1S/C18H18FN3O3S/c1-11-9-13(19)4-6-16(11)26(24,25)21-7-8-22-15(10-21)17-14(18(22)23)5-3-12(2)20-17/h3-6,9,23H,7-8,10H2,1-2H3. The van der Waals surface area contributed by atoms with Gasteiger partial charge in [0.05, 0.1) is 28.0 Å². The molecule has 0 saturated carbocycles. The molecular weight excluding hydrogens is 357 g/mol. The Morgan fingerprint density at radius 2 is 1.92 bits per heavy atom. The number of fused-ring (bicyclic) bond motifs is 3. The molecule has 0 saturated heterocycles. The van der Waals surface area contributed by atoms with Crippen molar-refractivity contribution in [2.45, 2.75) is 31.8 Å². The molecule has 136 valence electrons. The minimum Gasteiger partial charge on any atom is -0.494 e. The molecular formula is C18H18FN3O3S. The third kappa shape index (κ3) is 2.48. The van der Waals surface area contributed by atoms with Crippen molar-refractivity contribution < 1.29 is 17.9 Å². The number of pyridine rings is 1. The number of nitrogens with zero attached hydrogens (tertiary/aromatic N) is 3. The summed E-state index contributed by atoms with van der Waals surface area (Å²) in [6.45, 7) is 4.08. The quantitative estimate of drug-likeness (QED) is 0.747. The van der Waals surface area contributed by atoms with Crippen LogP contribution in [0.5, 0.6) is 5.88 Å². The van der Waals surface area contributed by atoms with Crippen molar-refractivity contribution in [1.82, 2.24) is 13.9 Å². The number of aromatic hydroxyl groups is 1. The van der Waals surface area contributed by atoms with Crippen LogP contribution in [-0.4, -0.2) is 33.9 Å². The molecule has 1 aliphatic heterocycles. The van der Waals surface area contributed by atoms with Gasteiger partial charge in [-0.3, -0.25) is 4.98 Å². The van der Waals surface area contributed by atoms with Crippen molar-refractivity contribution >= 4 is 20.9 Å². The predicted octanol–water partition coefficient (Wildman–Crippen LogP) is 2.70. The van der Waals surface area contributed by atoms with E-state index >= 15 is 0 Å². The summed E-state index contributed by atoms with van der Waals surface area (Å²) >= 11 is 0. The van der Waals surface area contributed by atoms with E-state index in [1.165, 1.54) is 16.4 Å². The number of halogens is 1. The lowest BCUT2D eigenvalue weighted by atomic mass is 10.2. The van der Waals surface area contributed by atoms with Crippen LogP contribution in [0.1, 0.15) is 17.0 Å². The molecule has 0 unspecified atom stereocenters. The Bertz CT molecular complexity index is 1140. The molecule has 0 atom stereocenters. The third-order valence-electron chi connectivity index (χ3n) is 4.78. The van der Waals surface area contributed by atoms with Crippen molar-refractivity contribution in [2.24, 2.45) is 0 Å². The first-order valence-electron chi connectivity index (χ1n) is 8.23. The SMILES string of the molecule is Cc1ccc2c(O)n3c(c2n1)CN(S(=O)(=O)c1ccc(F)cc1C)CC3. The molecule has 4 rings (SSSR count). The molecule has 0 fully saturated rings. The van der Waals surface area contributed by atoms with Crippen LogP contribution in [-0.2, 0) is 23.1 Å². The van der Waals surface area contributed by atoms with Gasteiger partial charge in [0.1, 0.15) is 5.82 Å². The number of aryl methyl sites for hydroxylation is 2. The van der Waals surface area contributed by atoms with Crippen LogP contribution in [0.2, 0.25) is 0 Å². The van der Waals surface area contributed by atoms with E-state index in [-0.39, 0.29) is 23.9 Å². The number of hydrogen-bond acceptors (Lipinski definition) is 4. The highest BCUT2D eigenvalue weighted by molar-refractivity contribution is 7.89. The number of sulfonamides is 1. The summed E-state index contributed by atoms with van der Waals surface area (Å²) in [4.78, 5) is 4.57. The molecule has 0 amide bonds. The number of rotatable bonds is 2. The van der Waals surface area contributed by atoms with Gasteiger partial charge in [-0.25, -0.2) is 12.8 Å². The molecule has 8 heteroatoms. The van der Waals surface area contributed by atoms with Crippen molar-refractivity contribution in [1.29, 1.82) is 0 Å². The van der Waals surface area contributed by atoms with Crippen molar-refractivity contribution in [3.05, 3.63) is 53.1 Å². The summed E-state index contributed by atoms with van der Waals surface area (Å²) in [5.41, 5.74) is 2.43. The third-order valence-corrected chi connectivity index (χ3v) is 6.79. The number of benzene rings is 1. The van der Waals surface area contributed by atoms with Crippen molar-refractivity contribution in [3.63, 3.8) is 0 Å². The second-order valence-corrected chi connectivity index (χ2v) is 8.43. The zero-order valence-electron chi connectivity index (χ0n) is 14.4. The van der Waals surface area contributed by atoms with Gasteiger partial charge in [-0.2, -0.15) is 4.31 Å². The van der Waals surface area contributed by atoms with Crippen LogP contribution in [0.4, 0.5) is 4.39 Å². The lowest BCUT2D eigenvalue weighted by molar-refractivity contribution is 0.317. The summed E-state index contributed by atoms with van der Waals surface area (Å²) < 4.78 is 42.5. The average Bonchev–Trinajstić information content (AvgIpc) is 2.86. The lowest BCUT2D eigenvalue weighted by Gasteiger charge is -2.28. The smallest absolute Gasteiger partial charge is 0.243 e. The molecule has 1 aliphatic rings. The van der Waals surface area contributed by atoms with Gasteiger partial charge in [0, 0.05) is 18.8 Å². The number of aromatic nitrogens is 2. The van der Waals surface area contributed by atoms with Crippen LogP contribution in [0.3, 0.4) is 0 Å². The second-order valence-electron chi connectivity index (χ2n) is 6.52. The van der Waals surface area contributed by atoms with Gasteiger partial charge in [-0.05, 0) is 49.7 Å². The molecule has 3 aromatic rings. The van der Waals surface area contributed by atoms with Crippen LogP contribution in [0.15, 0.2) is 35.2 Å². The monoisotopic (exact) mass is 375 g/mol. The topological polar surface area (TPSA) is 75.4 Å². The molecule has 0 aliphatic carbocycles. The highest BCUT2D eigenvalue weighted by atomic mass is 32.2. The molecule has 2 aromatic heterocycles. The minimum absolute atomic E-state index is 0.0940. The fraction of sp³-hybridized carbons (Fsp3) is 0.278. The van der Waals surface area contributed by atoms with E-state index in [0.717, 1.165) is 11.8 Å². The van der Waals surface area contributed by atoms with Gasteiger partial charge >= 0.3 is 0 Å². The molecule has 6 nitrogen and oxygen atoms in total. The maximum Gasteiger partial charge on any atom is 0.243 e. The summed E-state index contributed by atoms with van der Waals surface area (Å²) in [5, 5.41) is 11.0. The van der Waals surface area contributed by atoms with Crippen LogP contribution < -0.4 is 0 Å². The summed E-state index contributed by atoms with van der Waals surface area (Å²) in [6.07, 6.45) is 0. The largest absolute Gasteiger partial charge is 0.494 e. The Labute approximate surface area is 150 Å². The number of hydrogen-bond donors (Lipinski definition) is 1. The molecule has 3 heterocycles. The summed E-state index contributed by atoms with van der Waals surface area (Å²) in [7, 11) is -3.78. The second kappa shape index (κ2) is 5.78. The van der Waals surface area contributed by atoms with E-state index in [4.69, 9.17) is 0 Å². The van der Waals surface area contributed by atoms with Crippen LogP contribution >= 0.6 is 0 Å². The molecule has 1 aromatic carbocycles. The summed E-state index contributed by atoms with van der Waals surface area (Å²) in [5.74, 6) is -0.359. The Morgan fingerprint density at radius 1 is 1.15 bits per heavy atom. The zero-order valence-corrected chi connectivity index (χ0v) is 15.2. The Morgan fingerprint density at radius 3 is 2.65 bits per heavy atom. The first-order valence-corrected chi connectivity index (χ1v) is 9.67. The van der Waals surface area contributed by atoms with Crippen molar-refractivity contribution in [3.8, 4) is 5.88 Å². The Balaban J connectivity index is 1.80. The highest BCUT2D eigenvalue weighted by Crippen LogP contribution is 2.35. The Kier molecular flexibility index (Phi) is 3.78. The van der Waals surface area contributed by atoms with E-state index in [0.29, 0.717) is 28.7 Å². The first-order chi connectivity index (χ1) is 12.3. The average molecular weight is 375 g/mol. The van der Waals surface area contributed by atoms with Gasteiger partial charge in [-0.1, -0.05) is 0 Å². The molecule has 26 heavy (non-hydrogen) atoms. The minimum atomic E-state index is -3.78. The van der Waals surface area contributed by atoms with E-state index < -0.39 is 15.8 Å². The molecule has 1 N–H and O–H groups in total. The van der Waals surface area contributed by atoms with Gasteiger partial charge in [0.25, 0.3) is 0 Å². The molecule has 0 radical (unpaired) electrons. The predicted molar refractivity (Wildman–Crippen MR) is 94.9 cm³/mol. The van der Waals surface area contributed by atoms with E-state index in [1.54, 1.807) is 17.6 Å². The molecule has 0 spiro atoms. The van der Waals surface area contributed by atoms with Gasteiger partial charge in [0.15, 0.2) is 0 Å². The van der Waals surface area contributed by atoms with E-state index in [2.05, 4.69) is 4.98 Å². The van der Waals surface area contributed by atoms with Gasteiger partial charge in [0.2, 0.25) is 15.9 Å². The highest BCUT2D eigenvalue weighted by Gasteiger charge is 2.32. The van der Waals surface area contributed by atoms with Crippen LogP contribution in [0, 0.1) is 19.7 Å².